The summed E-state index contributed by atoms with van der Waals surface area (Å²) in [6.07, 6.45) is 58.9. The average molecular weight is 884 g/mol. The number of nitrogens with zero attached hydrogens (tertiary/aromatic N) is 1. The molecule has 0 fully saturated rings. The van der Waals surface area contributed by atoms with Crippen LogP contribution in [0.1, 0.15) is 326 Å². The Kier molecular flexibility index (Phi) is 51.2. The summed E-state index contributed by atoms with van der Waals surface area (Å²) < 4.78 is 0. The number of hydrogen-bond acceptors (Lipinski definition) is 2. The zero-order valence-electron chi connectivity index (χ0n) is 45.7. The first kappa shape index (κ1) is 64.1. The third-order valence-corrected chi connectivity index (χ3v) is 14.6. The lowest BCUT2D eigenvalue weighted by Crippen LogP contribution is -2.43. The highest BCUT2D eigenvalue weighted by Crippen LogP contribution is 2.29. The van der Waals surface area contributed by atoms with E-state index >= 15 is 0 Å². The van der Waals surface area contributed by atoms with Gasteiger partial charge in [0.05, 0.1) is 0 Å². The van der Waals surface area contributed by atoms with Crippen molar-refractivity contribution in [3.8, 4) is 0 Å². The lowest BCUT2D eigenvalue weighted by atomic mass is 9.86. The molecule has 4 atom stereocenters. The lowest BCUT2D eigenvalue weighted by Gasteiger charge is -2.35. The van der Waals surface area contributed by atoms with Gasteiger partial charge < -0.3 is 5.01 Å². The van der Waals surface area contributed by atoms with Gasteiger partial charge in [0.2, 0.25) is 0 Å². The van der Waals surface area contributed by atoms with E-state index in [0.29, 0.717) is 6.04 Å². The molecule has 0 saturated carbocycles. The van der Waals surface area contributed by atoms with Crippen molar-refractivity contribution >= 4 is 0 Å². The van der Waals surface area contributed by atoms with Gasteiger partial charge >= 0.3 is 0 Å². The second-order valence-corrected chi connectivity index (χ2v) is 20.7. The fraction of sp³-hybridized carbons (Fsp3) is 0.902. The van der Waals surface area contributed by atoms with Crippen LogP contribution in [0.25, 0.3) is 0 Å². The molecule has 0 heterocycles. The van der Waals surface area contributed by atoms with Crippen LogP contribution in [0, 0.1) is 17.8 Å². The Morgan fingerprint density at radius 1 is 0.460 bits per heavy atom. The number of allylic oxidation sites excluding steroid dienone is 4. The Balaban J connectivity index is 0. The van der Waals surface area contributed by atoms with Crippen molar-refractivity contribution in [1.82, 2.24) is 10.4 Å². The molecule has 0 aliphatic carbocycles. The van der Waals surface area contributed by atoms with E-state index in [9.17, 15) is 0 Å². The summed E-state index contributed by atoms with van der Waals surface area (Å²) in [7, 11) is 2.17. The van der Waals surface area contributed by atoms with Gasteiger partial charge in [-0.05, 0) is 95.8 Å². The van der Waals surface area contributed by atoms with Crippen LogP contribution in [0.3, 0.4) is 0 Å². The van der Waals surface area contributed by atoms with Crippen molar-refractivity contribution in [3.05, 3.63) is 36.1 Å². The highest BCUT2D eigenvalue weighted by atomic mass is 15.5. The smallest absolute Gasteiger partial charge is 0.0451 e. The normalized spacial score (nSPS) is 13.7. The van der Waals surface area contributed by atoms with Crippen molar-refractivity contribution in [2.75, 3.05) is 7.05 Å². The number of unbranched alkanes of at least 4 members (excludes halogenated alkanes) is 26. The van der Waals surface area contributed by atoms with Crippen LogP contribution in [0.4, 0.5) is 0 Å². The predicted molar refractivity (Wildman–Crippen MR) is 292 cm³/mol. The van der Waals surface area contributed by atoms with E-state index in [1.54, 1.807) is 5.57 Å². The van der Waals surface area contributed by atoms with Gasteiger partial charge in [0.25, 0.3) is 0 Å². The van der Waals surface area contributed by atoms with Crippen molar-refractivity contribution in [2.24, 2.45) is 17.8 Å². The Labute approximate surface area is 401 Å². The van der Waals surface area contributed by atoms with Crippen molar-refractivity contribution in [1.29, 1.82) is 0 Å². The first-order valence-corrected chi connectivity index (χ1v) is 29.1. The molecule has 0 aliphatic heterocycles. The molecule has 63 heavy (non-hydrogen) atoms. The average Bonchev–Trinajstić information content (AvgIpc) is 3.28. The van der Waals surface area contributed by atoms with Crippen LogP contribution in [0.5, 0.6) is 0 Å². The van der Waals surface area contributed by atoms with Gasteiger partial charge in [0.1, 0.15) is 0 Å². The van der Waals surface area contributed by atoms with Crippen molar-refractivity contribution in [2.45, 2.75) is 332 Å². The molecule has 4 unspecified atom stereocenters. The molecule has 2 heteroatoms. The second-order valence-electron chi connectivity index (χ2n) is 20.7. The minimum Gasteiger partial charge on any atom is -0.310 e. The molecular formula is C61H122N2. The first-order valence-electron chi connectivity index (χ1n) is 29.1. The highest BCUT2D eigenvalue weighted by molar-refractivity contribution is 5.01. The maximum Gasteiger partial charge on any atom is 0.0451 e. The van der Waals surface area contributed by atoms with Crippen molar-refractivity contribution < 1.29 is 0 Å². The molecule has 0 aliphatic rings. The van der Waals surface area contributed by atoms with Crippen LogP contribution < -0.4 is 5.43 Å². The summed E-state index contributed by atoms with van der Waals surface area (Å²) in [5.41, 5.74) is 8.17. The summed E-state index contributed by atoms with van der Waals surface area (Å²) in [6.45, 7) is 29.4. The molecule has 0 spiro atoms. The summed E-state index contributed by atoms with van der Waals surface area (Å²) in [5, 5.41) is 2.60. The molecular weight excluding hydrogens is 761 g/mol. The predicted octanol–water partition coefficient (Wildman–Crippen LogP) is 21.8. The molecule has 0 amide bonds. The quantitative estimate of drug-likeness (QED) is 0.0372. The van der Waals surface area contributed by atoms with Gasteiger partial charge in [-0.25, -0.2) is 5.43 Å². The Morgan fingerprint density at radius 2 is 0.810 bits per heavy atom. The standard InChI is InChI=1S/C46H92N2.C15H30/c1-8-13-17-20-22-26-30-35-41-46(48(47-7)45(12-5)40-34-29-21-18-14-9-2)42-36-31-27-24-23-25-28-32-37-43(6)44(38-16-11-4)39-33-19-15-10-3;1-6-8-9-10-11-15(13(3)4)12-14(5)7-2/h12,44,46-47H,6,8-11,13-42H2,1-5,7H3;14-15H,3,6-12H2,1-2,4-5H3/b45-12+;. The van der Waals surface area contributed by atoms with Crippen molar-refractivity contribution in [3.63, 3.8) is 0 Å². The second kappa shape index (κ2) is 50.4. The SMILES string of the molecule is C=C(C)C(CCCCCC)CC(C)CC.C=C(CCCCCCCCCCC(CCCCCCCCCC)N(NC)/C(=C/C)CCCCCCCC)C(CCCC)CCCCCC. The zero-order chi connectivity index (χ0) is 47.0. The summed E-state index contributed by atoms with van der Waals surface area (Å²) >= 11 is 0. The van der Waals surface area contributed by atoms with Crippen LogP contribution in [-0.2, 0) is 0 Å². The lowest BCUT2D eigenvalue weighted by molar-refractivity contribution is 0.158. The van der Waals surface area contributed by atoms with E-state index in [-0.39, 0.29) is 0 Å². The largest absolute Gasteiger partial charge is 0.310 e. The number of hydrazine groups is 1. The Hall–Kier alpha value is -1.02. The highest BCUT2D eigenvalue weighted by Gasteiger charge is 2.19. The zero-order valence-corrected chi connectivity index (χ0v) is 45.7. The minimum atomic E-state index is 0.641. The molecule has 0 saturated heterocycles. The van der Waals surface area contributed by atoms with Crippen LogP contribution >= 0.6 is 0 Å². The molecule has 0 rings (SSSR count). The Bertz CT molecular complexity index is 964. The fourth-order valence-electron chi connectivity index (χ4n) is 9.82. The summed E-state index contributed by atoms with van der Waals surface area (Å²) in [4.78, 5) is 0. The molecule has 0 aromatic carbocycles. The first-order chi connectivity index (χ1) is 30.7. The molecule has 0 radical (unpaired) electrons. The van der Waals surface area contributed by atoms with E-state index < -0.39 is 0 Å². The van der Waals surface area contributed by atoms with E-state index in [1.165, 1.54) is 275 Å². The van der Waals surface area contributed by atoms with Gasteiger partial charge in [-0.15, -0.1) is 0 Å². The van der Waals surface area contributed by atoms with Gasteiger partial charge in [-0.2, -0.15) is 0 Å². The summed E-state index contributed by atoms with van der Waals surface area (Å²) in [5.74, 6) is 2.43. The topological polar surface area (TPSA) is 15.3 Å². The molecule has 0 bridgehead atoms. The molecule has 1 N–H and O–H groups in total. The maximum absolute atomic E-state index is 4.58. The van der Waals surface area contributed by atoms with Gasteiger partial charge in [-0.3, -0.25) is 0 Å². The minimum absolute atomic E-state index is 0.641. The van der Waals surface area contributed by atoms with Crippen LogP contribution in [0.15, 0.2) is 36.1 Å². The van der Waals surface area contributed by atoms with Gasteiger partial charge in [-0.1, -0.05) is 278 Å². The number of nitrogens with one attached hydrogen (secondary N) is 1. The third kappa shape index (κ3) is 40.9. The molecule has 0 aromatic heterocycles. The van der Waals surface area contributed by atoms with Gasteiger partial charge in [0.15, 0.2) is 0 Å². The van der Waals surface area contributed by atoms with E-state index in [2.05, 4.69) is 99.0 Å². The molecule has 0 aromatic rings. The molecule has 376 valence electrons. The molecule has 2 nitrogen and oxygen atoms in total. The summed E-state index contributed by atoms with van der Waals surface area (Å²) in [6, 6.07) is 0.641. The maximum atomic E-state index is 4.58. The monoisotopic (exact) mass is 883 g/mol. The third-order valence-electron chi connectivity index (χ3n) is 14.6. The van der Waals surface area contributed by atoms with E-state index in [1.807, 2.05) is 0 Å². The van der Waals surface area contributed by atoms with Crippen LogP contribution in [-0.4, -0.2) is 18.1 Å². The number of hydrogen-bond donors (Lipinski definition) is 1. The van der Waals surface area contributed by atoms with E-state index in [4.69, 9.17) is 0 Å². The van der Waals surface area contributed by atoms with Crippen LogP contribution in [0.2, 0.25) is 0 Å². The fourth-order valence-corrected chi connectivity index (χ4v) is 9.82. The number of rotatable bonds is 48. The van der Waals surface area contributed by atoms with E-state index in [0.717, 1.165) is 17.8 Å². The Morgan fingerprint density at radius 3 is 1.21 bits per heavy atom. The van der Waals surface area contributed by atoms with Gasteiger partial charge in [0, 0.05) is 18.8 Å².